The first-order valence-corrected chi connectivity index (χ1v) is 5.69. The molecule has 0 bridgehead atoms. The standard InChI is InChI=1S/C11H12N2O2S/c1-7-9(6-10(14)15-2)16-11(13-7)8-4-3-5-12-8/h3-5,12H,6H2,1-2H3. The molecule has 5 heteroatoms. The van der Waals surface area contributed by atoms with Gasteiger partial charge in [0.1, 0.15) is 5.01 Å². The van der Waals surface area contributed by atoms with E-state index in [1.807, 2.05) is 25.3 Å². The lowest BCUT2D eigenvalue weighted by Crippen LogP contribution is -2.03. The van der Waals surface area contributed by atoms with Crippen LogP contribution >= 0.6 is 11.3 Å². The minimum atomic E-state index is -0.232. The van der Waals surface area contributed by atoms with Gasteiger partial charge in [0.05, 0.1) is 24.9 Å². The second-order valence-electron chi connectivity index (χ2n) is 3.36. The van der Waals surface area contributed by atoms with Crippen molar-refractivity contribution in [1.29, 1.82) is 0 Å². The molecule has 0 fully saturated rings. The van der Waals surface area contributed by atoms with Crippen LogP contribution in [0.1, 0.15) is 10.6 Å². The van der Waals surface area contributed by atoms with Crippen LogP contribution in [0, 0.1) is 6.92 Å². The Morgan fingerprint density at radius 3 is 3.06 bits per heavy atom. The molecule has 2 aromatic rings. The van der Waals surface area contributed by atoms with Crippen LogP contribution in [0.4, 0.5) is 0 Å². The Morgan fingerprint density at radius 2 is 2.44 bits per heavy atom. The summed E-state index contributed by atoms with van der Waals surface area (Å²) < 4.78 is 4.64. The highest BCUT2D eigenvalue weighted by Gasteiger charge is 2.13. The fourth-order valence-corrected chi connectivity index (χ4v) is 2.41. The molecular weight excluding hydrogens is 224 g/mol. The Hall–Kier alpha value is -1.62. The van der Waals surface area contributed by atoms with Crippen LogP contribution in [-0.2, 0) is 16.0 Å². The highest BCUT2D eigenvalue weighted by atomic mass is 32.1. The quantitative estimate of drug-likeness (QED) is 0.831. The van der Waals surface area contributed by atoms with Gasteiger partial charge in [-0.1, -0.05) is 0 Å². The third-order valence-electron chi connectivity index (χ3n) is 2.25. The van der Waals surface area contributed by atoms with E-state index in [-0.39, 0.29) is 5.97 Å². The van der Waals surface area contributed by atoms with Gasteiger partial charge in [0, 0.05) is 11.1 Å². The van der Waals surface area contributed by atoms with E-state index in [1.54, 1.807) is 0 Å². The van der Waals surface area contributed by atoms with Crippen molar-refractivity contribution in [2.75, 3.05) is 7.11 Å². The molecule has 84 valence electrons. The summed E-state index contributed by atoms with van der Waals surface area (Å²) in [5, 5.41) is 0.904. The molecular formula is C11H12N2O2S. The molecule has 16 heavy (non-hydrogen) atoms. The van der Waals surface area contributed by atoms with Crippen molar-refractivity contribution < 1.29 is 9.53 Å². The Labute approximate surface area is 97.3 Å². The van der Waals surface area contributed by atoms with Crippen molar-refractivity contribution in [3.63, 3.8) is 0 Å². The number of H-pyrrole nitrogens is 1. The van der Waals surface area contributed by atoms with E-state index < -0.39 is 0 Å². The third kappa shape index (κ3) is 2.14. The SMILES string of the molecule is COC(=O)Cc1sc(-c2ccc[nH]2)nc1C. The number of rotatable bonds is 3. The minimum absolute atomic E-state index is 0.232. The van der Waals surface area contributed by atoms with Gasteiger partial charge in [-0.15, -0.1) is 11.3 Å². The van der Waals surface area contributed by atoms with Crippen molar-refractivity contribution in [2.45, 2.75) is 13.3 Å². The number of nitrogens with zero attached hydrogens (tertiary/aromatic N) is 1. The average molecular weight is 236 g/mol. The predicted molar refractivity (Wildman–Crippen MR) is 62.4 cm³/mol. The highest BCUT2D eigenvalue weighted by molar-refractivity contribution is 7.15. The number of aryl methyl sites for hydroxylation is 1. The molecule has 2 aromatic heterocycles. The summed E-state index contributed by atoms with van der Waals surface area (Å²) >= 11 is 1.52. The highest BCUT2D eigenvalue weighted by Crippen LogP contribution is 2.27. The lowest BCUT2D eigenvalue weighted by molar-refractivity contribution is -0.139. The lowest BCUT2D eigenvalue weighted by Gasteiger charge is -1.95. The van der Waals surface area contributed by atoms with E-state index in [0.717, 1.165) is 21.3 Å². The van der Waals surface area contributed by atoms with Gasteiger partial charge < -0.3 is 9.72 Å². The summed E-state index contributed by atoms with van der Waals surface area (Å²) in [5.41, 5.74) is 1.87. The number of carbonyl (C=O) groups excluding carboxylic acids is 1. The predicted octanol–water partition coefficient (Wildman–Crippen LogP) is 2.16. The van der Waals surface area contributed by atoms with Gasteiger partial charge >= 0.3 is 5.97 Å². The minimum Gasteiger partial charge on any atom is -0.469 e. The number of nitrogens with one attached hydrogen (secondary N) is 1. The monoisotopic (exact) mass is 236 g/mol. The van der Waals surface area contributed by atoms with Gasteiger partial charge in [0.25, 0.3) is 0 Å². The molecule has 0 saturated heterocycles. The first-order valence-electron chi connectivity index (χ1n) is 4.87. The van der Waals surface area contributed by atoms with Gasteiger partial charge in [-0.2, -0.15) is 0 Å². The van der Waals surface area contributed by atoms with E-state index in [0.29, 0.717) is 6.42 Å². The summed E-state index contributed by atoms with van der Waals surface area (Å²) in [5.74, 6) is -0.232. The second kappa shape index (κ2) is 4.49. The van der Waals surface area contributed by atoms with Crippen LogP contribution in [0.5, 0.6) is 0 Å². The van der Waals surface area contributed by atoms with Crippen LogP contribution in [-0.4, -0.2) is 23.0 Å². The van der Waals surface area contributed by atoms with Gasteiger partial charge in [-0.3, -0.25) is 4.79 Å². The molecule has 0 aliphatic rings. The molecule has 0 spiro atoms. The Bertz CT molecular complexity index is 488. The first kappa shape index (κ1) is 10.9. The summed E-state index contributed by atoms with van der Waals surface area (Å²) in [6, 6.07) is 3.88. The van der Waals surface area contributed by atoms with E-state index in [4.69, 9.17) is 0 Å². The molecule has 0 aliphatic heterocycles. The molecule has 0 aliphatic carbocycles. The number of hydrogen-bond donors (Lipinski definition) is 1. The topological polar surface area (TPSA) is 55.0 Å². The van der Waals surface area contributed by atoms with E-state index in [2.05, 4.69) is 14.7 Å². The number of carbonyl (C=O) groups is 1. The Morgan fingerprint density at radius 1 is 1.62 bits per heavy atom. The average Bonchev–Trinajstić information content (AvgIpc) is 2.88. The van der Waals surface area contributed by atoms with Gasteiger partial charge in [-0.25, -0.2) is 4.98 Å². The maximum Gasteiger partial charge on any atom is 0.310 e. The lowest BCUT2D eigenvalue weighted by atomic mass is 10.3. The van der Waals surface area contributed by atoms with Crippen molar-refractivity contribution >= 4 is 17.3 Å². The molecule has 0 saturated carbocycles. The molecule has 2 rings (SSSR count). The number of aromatic amines is 1. The van der Waals surface area contributed by atoms with E-state index in [9.17, 15) is 4.79 Å². The maximum atomic E-state index is 11.2. The molecule has 0 amide bonds. The zero-order chi connectivity index (χ0) is 11.5. The van der Waals surface area contributed by atoms with Crippen LogP contribution < -0.4 is 0 Å². The summed E-state index contributed by atoms with van der Waals surface area (Å²) in [4.78, 5) is 19.6. The molecule has 2 heterocycles. The molecule has 0 unspecified atom stereocenters. The number of esters is 1. The van der Waals surface area contributed by atoms with Crippen LogP contribution in [0.25, 0.3) is 10.7 Å². The number of aromatic nitrogens is 2. The van der Waals surface area contributed by atoms with E-state index >= 15 is 0 Å². The van der Waals surface area contributed by atoms with Gasteiger partial charge in [0.15, 0.2) is 0 Å². The number of methoxy groups -OCH3 is 1. The molecule has 0 radical (unpaired) electrons. The zero-order valence-electron chi connectivity index (χ0n) is 9.11. The molecule has 4 nitrogen and oxygen atoms in total. The number of thiazole rings is 1. The van der Waals surface area contributed by atoms with Crippen LogP contribution in [0.2, 0.25) is 0 Å². The number of hydrogen-bond acceptors (Lipinski definition) is 4. The van der Waals surface area contributed by atoms with Crippen molar-refractivity contribution in [3.05, 3.63) is 28.9 Å². The first-order chi connectivity index (χ1) is 7.70. The largest absolute Gasteiger partial charge is 0.469 e. The zero-order valence-corrected chi connectivity index (χ0v) is 9.93. The second-order valence-corrected chi connectivity index (χ2v) is 4.45. The molecule has 0 aromatic carbocycles. The van der Waals surface area contributed by atoms with Crippen molar-refractivity contribution in [2.24, 2.45) is 0 Å². The van der Waals surface area contributed by atoms with Gasteiger partial charge in [0.2, 0.25) is 0 Å². The van der Waals surface area contributed by atoms with Crippen LogP contribution in [0.3, 0.4) is 0 Å². The smallest absolute Gasteiger partial charge is 0.310 e. The van der Waals surface area contributed by atoms with Crippen molar-refractivity contribution in [1.82, 2.24) is 9.97 Å². The Balaban J connectivity index is 2.25. The van der Waals surface area contributed by atoms with Crippen molar-refractivity contribution in [3.8, 4) is 10.7 Å². The Kier molecular flexibility index (Phi) is 3.05. The molecule has 0 atom stereocenters. The van der Waals surface area contributed by atoms with Gasteiger partial charge in [-0.05, 0) is 19.1 Å². The number of ether oxygens (including phenoxy) is 1. The fraction of sp³-hybridized carbons (Fsp3) is 0.273. The maximum absolute atomic E-state index is 11.2. The normalized spacial score (nSPS) is 10.4. The summed E-state index contributed by atoms with van der Waals surface area (Å²) in [7, 11) is 1.39. The molecule has 1 N–H and O–H groups in total. The van der Waals surface area contributed by atoms with Crippen LogP contribution in [0.15, 0.2) is 18.3 Å². The summed E-state index contributed by atoms with van der Waals surface area (Å²) in [6.07, 6.45) is 2.15. The third-order valence-corrected chi connectivity index (χ3v) is 3.44. The fourth-order valence-electron chi connectivity index (χ4n) is 1.37. The van der Waals surface area contributed by atoms with E-state index in [1.165, 1.54) is 18.4 Å². The summed E-state index contributed by atoms with van der Waals surface area (Å²) in [6.45, 7) is 1.90.